The van der Waals surface area contributed by atoms with Crippen LogP contribution in [0.3, 0.4) is 0 Å². The van der Waals surface area contributed by atoms with Crippen LogP contribution in [0.25, 0.3) is 0 Å². The molecule has 1 aliphatic heterocycles. The van der Waals surface area contributed by atoms with Gasteiger partial charge in [0.05, 0.1) is 5.69 Å². The maximum atomic E-state index is 11.4. The van der Waals surface area contributed by atoms with E-state index in [1.54, 1.807) is 0 Å². The van der Waals surface area contributed by atoms with Crippen molar-refractivity contribution in [3.8, 4) is 0 Å². The summed E-state index contributed by atoms with van der Waals surface area (Å²) in [6.45, 7) is 5.29. The molecular formula is C15H24N2O2S. The lowest BCUT2D eigenvalue weighted by molar-refractivity contribution is 0.0700. The number of nitrogens with zero attached hydrogens (tertiary/aromatic N) is 2. The first-order chi connectivity index (χ1) is 9.67. The molecule has 1 aliphatic rings. The number of carboxylic acids is 1. The van der Waals surface area contributed by atoms with Crippen LogP contribution in [0.5, 0.6) is 0 Å². The lowest BCUT2D eigenvalue weighted by atomic mass is 9.99. The number of carbonyl (C=O) groups is 1. The van der Waals surface area contributed by atoms with Crippen molar-refractivity contribution < 1.29 is 9.90 Å². The molecule has 5 heteroatoms. The van der Waals surface area contributed by atoms with Crippen molar-refractivity contribution in [3.63, 3.8) is 0 Å². The normalized spacial score (nSPS) is 19.3. The zero-order chi connectivity index (χ0) is 14.5. The van der Waals surface area contributed by atoms with E-state index in [0.717, 1.165) is 30.2 Å². The summed E-state index contributed by atoms with van der Waals surface area (Å²) in [5.74, 6) is -0.832. The standard InChI is InChI=1S/C15H24N2O2S/c1-3-7-11-9-5-6-10-17(11)15-16-12(8-4-2)13(20-15)14(18)19/h11H,3-10H2,1-2H3,(H,18,19). The fraction of sp³-hybridized carbons (Fsp3) is 0.733. The third kappa shape index (κ3) is 3.32. The van der Waals surface area contributed by atoms with Crippen LogP contribution in [0.1, 0.15) is 67.7 Å². The van der Waals surface area contributed by atoms with E-state index in [9.17, 15) is 9.90 Å². The number of carboxylic acid groups (broad SMARTS) is 1. The quantitative estimate of drug-likeness (QED) is 0.863. The van der Waals surface area contributed by atoms with Crippen LogP contribution in [-0.4, -0.2) is 28.6 Å². The minimum atomic E-state index is -0.832. The van der Waals surface area contributed by atoms with Crippen LogP contribution < -0.4 is 4.90 Å². The Morgan fingerprint density at radius 2 is 2.20 bits per heavy atom. The molecule has 2 heterocycles. The van der Waals surface area contributed by atoms with Crippen molar-refractivity contribution in [1.29, 1.82) is 0 Å². The van der Waals surface area contributed by atoms with Gasteiger partial charge in [-0.05, 0) is 32.1 Å². The van der Waals surface area contributed by atoms with Gasteiger partial charge in [-0.15, -0.1) is 0 Å². The zero-order valence-corrected chi connectivity index (χ0v) is 13.2. The Morgan fingerprint density at radius 1 is 1.40 bits per heavy atom. The number of rotatable bonds is 6. The number of hydrogen-bond acceptors (Lipinski definition) is 4. The molecule has 1 saturated heterocycles. The maximum absolute atomic E-state index is 11.4. The molecule has 1 N–H and O–H groups in total. The number of hydrogen-bond donors (Lipinski definition) is 1. The second kappa shape index (κ2) is 7.07. The van der Waals surface area contributed by atoms with Gasteiger partial charge in [-0.2, -0.15) is 0 Å². The van der Waals surface area contributed by atoms with E-state index in [4.69, 9.17) is 0 Å². The summed E-state index contributed by atoms with van der Waals surface area (Å²) in [6, 6.07) is 0.538. The van der Waals surface area contributed by atoms with E-state index in [0.29, 0.717) is 10.9 Å². The summed E-state index contributed by atoms with van der Waals surface area (Å²) in [4.78, 5) is 18.8. The predicted molar refractivity (Wildman–Crippen MR) is 83.0 cm³/mol. The number of aryl methyl sites for hydroxylation is 1. The summed E-state index contributed by atoms with van der Waals surface area (Å²) in [5.41, 5.74) is 0.765. The largest absolute Gasteiger partial charge is 0.477 e. The average molecular weight is 296 g/mol. The minimum Gasteiger partial charge on any atom is -0.477 e. The maximum Gasteiger partial charge on any atom is 0.347 e. The topological polar surface area (TPSA) is 53.4 Å². The van der Waals surface area contributed by atoms with Crippen LogP contribution in [0.15, 0.2) is 0 Å². The third-order valence-corrected chi connectivity index (χ3v) is 4.98. The lowest BCUT2D eigenvalue weighted by Crippen LogP contribution is -2.39. The molecule has 4 nitrogen and oxygen atoms in total. The van der Waals surface area contributed by atoms with E-state index < -0.39 is 5.97 Å². The molecule has 0 spiro atoms. The minimum absolute atomic E-state index is 0.433. The molecule has 1 atom stereocenters. The Labute approximate surface area is 124 Å². The van der Waals surface area contributed by atoms with Gasteiger partial charge in [0.15, 0.2) is 5.13 Å². The highest BCUT2D eigenvalue weighted by molar-refractivity contribution is 7.17. The molecule has 0 bridgehead atoms. The highest BCUT2D eigenvalue weighted by atomic mass is 32.1. The van der Waals surface area contributed by atoms with Gasteiger partial charge in [0.2, 0.25) is 0 Å². The molecule has 0 aromatic carbocycles. The predicted octanol–water partition coefficient (Wildman–Crippen LogP) is 3.95. The van der Waals surface area contributed by atoms with Crippen LogP contribution >= 0.6 is 11.3 Å². The number of anilines is 1. The molecule has 1 fully saturated rings. The second-order valence-corrected chi connectivity index (χ2v) is 6.44. The Kier molecular flexibility index (Phi) is 5.40. The Bertz CT molecular complexity index is 457. The number of piperidine rings is 1. The first kappa shape index (κ1) is 15.3. The van der Waals surface area contributed by atoms with Crippen molar-refractivity contribution in [2.24, 2.45) is 0 Å². The first-order valence-electron chi connectivity index (χ1n) is 7.67. The molecule has 2 rings (SSSR count). The molecule has 0 aliphatic carbocycles. The number of thiazole rings is 1. The summed E-state index contributed by atoms with van der Waals surface area (Å²) in [6.07, 6.45) is 7.70. The van der Waals surface area contributed by atoms with E-state index in [2.05, 4.69) is 23.7 Å². The van der Waals surface area contributed by atoms with Crippen LogP contribution in [-0.2, 0) is 6.42 Å². The zero-order valence-electron chi connectivity index (χ0n) is 12.4. The Balaban J connectivity index is 2.25. The van der Waals surface area contributed by atoms with Crippen molar-refractivity contribution in [3.05, 3.63) is 10.6 Å². The van der Waals surface area contributed by atoms with Gasteiger partial charge in [-0.25, -0.2) is 9.78 Å². The molecule has 20 heavy (non-hydrogen) atoms. The summed E-state index contributed by atoms with van der Waals surface area (Å²) < 4.78 is 0. The molecule has 1 unspecified atom stereocenters. The van der Waals surface area contributed by atoms with Gasteiger partial charge in [0.1, 0.15) is 4.88 Å². The monoisotopic (exact) mass is 296 g/mol. The van der Waals surface area contributed by atoms with Crippen molar-refractivity contribution in [2.75, 3.05) is 11.4 Å². The molecule has 112 valence electrons. The first-order valence-corrected chi connectivity index (χ1v) is 8.48. The van der Waals surface area contributed by atoms with Crippen LogP contribution in [0.2, 0.25) is 0 Å². The van der Waals surface area contributed by atoms with Crippen molar-refractivity contribution in [2.45, 2.75) is 64.8 Å². The Morgan fingerprint density at radius 3 is 2.85 bits per heavy atom. The molecule has 0 amide bonds. The fourth-order valence-electron chi connectivity index (χ4n) is 2.92. The van der Waals surface area contributed by atoms with Gasteiger partial charge < -0.3 is 10.0 Å². The second-order valence-electron chi connectivity index (χ2n) is 5.46. The summed E-state index contributed by atoms with van der Waals surface area (Å²) >= 11 is 1.36. The smallest absolute Gasteiger partial charge is 0.347 e. The highest BCUT2D eigenvalue weighted by Crippen LogP contribution is 2.33. The summed E-state index contributed by atoms with van der Waals surface area (Å²) in [5, 5.41) is 10.2. The third-order valence-electron chi connectivity index (χ3n) is 3.86. The van der Waals surface area contributed by atoms with Gasteiger partial charge in [-0.1, -0.05) is 38.0 Å². The number of aromatic nitrogens is 1. The summed E-state index contributed by atoms with van der Waals surface area (Å²) in [7, 11) is 0. The average Bonchev–Trinajstić information content (AvgIpc) is 2.84. The van der Waals surface area contributed by atoms with E-state index in [-0.39, 0.29) is 0 Å². The van der Waals surface area contributed by atoms with Crippen molar-refractivity contribution in [1.82, 2.24) is 4.98 Å². The molecule has 0 radical (unpaired) electrons. The number of aromatic carboxylic acids is 1. The van der Waals surface area contributed by atoms with Crippen LogP contribution in [0.4, 0.5) is 5.13 Å². The molecule has 1 aromatic rings. The fourth-order valence-corrected chi connectivity index (χ4v) is 3.97. The van der Waals surface area contributed by atoms with Gasteiger partial charge in [0, 0.05) is 12.6 Å². The van der Waals surface area contributed by atoms with Gasteiger partial charge in [-0.3, -0.25) is 0 Å². The molecule has 0 saturated carbocycles. The SMILES string of the molecule is CCCc1nc(N2CCCCC2CCC)sc1C(=O)O. The van der Waals surface area contributed by atoms with Gasteiger partial charge >= 0.3 is 5.97 Å². The van der Waals surface area contributed by atoms with E-state index >= 15 is 0 Å². The molecule has 1 aromatic heterocycles. The van der Waals surface area contributed by atoms with E-state index in [1.807, 2.05) is 0 Å². The van der Waals surface area contributed by atoms with Crippen LogP contribution in [0, 0.1) is 0 Å². The Hall–Kier alpha value is -1.10. The van der Waals surface area contributed by atoms with E-state index in [1.165, 1.54) is 43.4 Å². The lowest BCUT2D eigenvalue weighted by Gasteiger charge is -2.35. The van der Waals surface area contributed by atoms with Crippen molar-refractivity contribution >= 4 is 22.4 Å². The van der Waals surface area contributed by atoms with Gasteiger partial charge in [0.25, 0.3) is 0 Å². The highest BCUT2D eigenvalue weighted by Gasteiger charge is 2.26. The molecular weight excluding hydrogens is 272 g/mol.